The summed E-state index contributed by atoms with van der Waals surface area (Å²) in [6, 6.07) is 0. The highest BCUT2D eigenvalue weighted by Crippen LogP contribution is 2.53. The first-order chi connectivity index (χ1) is 9.24. The van der Waals surface area contributed by atoms with E-state index < -0.39 is 23.4 Å². The molecule has 2 aliphatic carbocycles. The fourth-order valence-corrected chi connectivity index (χ4v) is 4.10. The maximum atomic E-state index is 12.3. The number of rotatable bonds is 1. The molecule has 0 aromatic carbocycles. The van der Waals surface area contributed by atoms with E-state index in [1.54, 1.807) is 6.92 Å². The van der Waals surface area contributed by atoms with E-state index in [0.717, 1.165) is 0 Å². The molecule has 4 aliphatic rings. The highest BCUT2D eigenvalue weighted by molar-refractivity contribution is 6.01. The molecule has 1 saturated heterocycles. The van der Waals surface area contributed by atoms with Crippen molar-refractivity contribution >= 4 is 5.78 Å². The van der Waals surface area contributed by atoms with Gasteiger partial charge >= 0.3 is 0 Å². The lowest BCUT2D eigenvalue weighted by molar-refractivity contribution is -0.461. The van der Waals surface area contributed by atoms with Gasteiger partial charge in [-0.3, -0.25) is 4.79 Å². The second kappa shape index (κ2) is 4.13. The summed E-state index contributed by atoms with van der Waals surface area (Å²) in [6.45, 7) is 7.44. The van der Waals surface area contributed by atoms with Crippen molar-refractivity contribution in [2.45, 2.75) is 63.9 Å². The van der Waals surface area contributed by atoms with E-state index in [9.17, 15) is 15.0 Å². The van der Waals surface area contributed by atoms with Gasteiger partial charge in [0, 0.05) is 18.4 Å². The summed E-state index contributed by atoms with van der Waals surface area (Å²) in [5, 5.41) is 21.4. The Morgan fingerprint density at radius 2 is 1.95 bits per heavy atom. The van der Waals surface area contributed by atoms with Crippen LogP contribution in [0, 0.1) is 11.8 Å². The number of carbonyl (C=O) groups excluding carboxylic acids is 1. The largest absolute Gasteiger partial charge is 0.390 e. The first-order valence-electron chi connectivity index (χ1n) is 7.24. The minimum Gasteiger partial charge on any atom is -0.390 e. The quantitative estimate of drug-likeness (QED) is 0.705. The van der Waals surface area contributed by atoms with Crippen LogP contribution in [-0.4, -0.2) is 39.4 Å². The Morgan fingerprint density at radius 3 is 2.50 bits per heavy atom. The Balaban J connectivity index is 2.23. The topological polar surface area (TPSA) is 76.0 Å². The van der Waals surface area contributed by atoms with Crippen LogP contribution < -0.4 is 0 Å². The summed E-state index contributed by atoms with van der Waals surface area (Å²) in [7, 11) is 0. The van der Waals surface area contributed by atoms with Crippen molar-refractivity contribution < 1.29 is 24.8 Å². The van der Waals surface area contributed by atoms with Crippen molar-refractivity contribution in [3.05, 3.63) is 11.1 Å². The van der Waals surface area contributed by atoms with Gasteiger partial charge < -0.3 is 10.2 Å². The fraction of sp³-hybridized carbons (Fsp3) is 0.800. The lowest BCUT2D eigenvalue weighted by Gasteiger charge is -2.48. The zero-order valence-corrected chi connectivity index (χ0v) is 12.3. The molecule has 4 rings (SSSR count). The van der Waals surface area contributed by atoms with E-state index in [0.29, 0.717) is 17.6 Å². The lowest BCUT2D eigenvalue weighted by atomic mass is 9.75. The lowest BCUT2D eigenvalue weighted by Crippen LogP contribution is -2.62. The highest BCUT2D eigenvalue weighted by Gasteiger charge is 2.64. The number of hydrogen-bond acceptors (Lipinski definition) is 5. The summed E-state index contributed by atoms with van der Waals surface area (Å²) >= 11 is 0. The van der Waals surface area contributed by atoms with Crippen molar-refractivity contribution in [3.63, 3.8) is 0 Å². The van der Waals surface area contributed by atoms with Crippen LogP contribution in [0.3, 0.4) is 0 Å². The average Bonchev–Trinajstić information content (AvgIpc) is 2.54. The normalized spacial score (nSPS) is 48.0. The predicted molar refractivity (Wildman–Crippen MR) is 70.6 cm³/mol. The molecule has 2 aliphatic heterocycles. The third-order valence-corrected chi connectivity index (χ3v) is 5.22. The molecule has 20 heavy (non-hydrogen) atoms. The van der Waals surface area contributed by atoms with Crippen LogP contribution in [0.15, 0.2) is 11.1 Å². The smallest absolute Gasteiger partial charge is 0.162 e. The Kier molecular flexibility index (Phi) is 2.93. The van der Waals surface area contributed by atoms with Crippen molar-refractivity contribution in [1.82, 2.24) is 0 Å². The summed E-state index contributed by atoms with van der Waals surface area (Å²) < 4.78 is 0. The predicted octanol–water partition coefficient (Wildman–Crippen LogP) is 1.13. The number of carbonyl (C=O) groups is 1. The van der Waals surface area contributed by atoms with Crippen molar-refractivity contribution in [1.29, 1.82) is 0 Å². The molecule has 112 valence electrons. The molecule has 5 nitrogen and oxygen atoms in total. The maximum Gasteiger partial charge on any atom is 0.162 e. The number of aliphatic hydroxyl groups is 2. The monoisotopic (exact) mass is 282 g/mol. The number of hydrogen-bond donors (Lipinski definition) is 2. The van der Waals surface area contributed by atoms with Gasteiger partial charge in [-0.25, -0.2) is 9.78 Å². The molecule has 0 radical (unpaired) electrons. The Morgan fingerprint density at radius 1 is 1.30 bits per heavy atom. The molecule has 0 aromatic rings. The molecule has 0 amide bonds. The third kappa shape index (κ3) is 1.49. The Bertz CT molecular complexity index is 496. The van der Waals surface area contributed by atoms with Gasteiger partial charge in [-0.2, -0.15) is 0 Å². The number of fused-ring (bicyclic) bond motifs is 2. The molecule has 0 saturated carbocycles. The Hall–Kier alpha value is -0.750. The van der Waals surface area contributed by atoms with Gasteiger partial charge in [0.05, 0.1) is 6.10 Å². The van der Waals surface area contributed by atoms with E-state index in [1.165, 1.54) is 0 Å². The van der Waals surface area contributed by atoms with Crippen molar-refractivity contribution in [2.24, 2.45) is 11.8 Å². The van der Waals surface area contributed by atoms with E-state index in [-0.39, 0.29) is 24.0 Å². The number of Topliss-reactive ketones (excluding diaryl/α,β-unsaturated/α-hetero) is 1. The minimum atomic E-state index is -1.20. The SMILES string of the molecule is CC(C)[C@@]12OO[C@](C)(C[C@@H]1O)C1=C([C@H](C)CC1=O)[C@H]2O. The second-order valence-corrected chi connectivity index (χ2v) is 6.89. The van der Waals surface area contributed by atoms with Crippen LogP contribution in [0.1, 0.15) is 40.5 Å². The van der Waals surface area contributed by atoms with Crippen LogP contribution in [0.4, 0.5) is 0 Å². The van der Waals surface area contributed by atoms with E-state index in [2.05, 4.69) is 0 Å². The van der Waals surface area contributed by atoms with E-state index in [1.807, 2.05) is 20.8 Å². The number of ketones is 1. The molecule has 0 aromatic heterocycles. The first-order valence-corrected chi connectivity index (χ1v) is 7.24. The van der Waals surface area contributed by atoms with Gasteiger partial charge in [0.1, 0.15) is 11.7 Å². The van der Waals surface area contributed by atoms with Gasteiger partial charge in [0.15, 0.2) is 11.4 Å². The molecule has 5 atom stereocenters. The van der Waals surface area contributed by atoms with Gasteiger partial charge in [-0.1, -0.05) is 20.8 Å². The van der Waals surface area contributed by atoms with Crippen LogP contribution >= 0.6 is 0 Å². The molecule has 0 spiro atoms. The maximum absolute atomic E-state index is 12.3. The first kappa shape index (κ1) is 14.2. The minimum absolute atomic E-state index is 0.00805. The molecule has 2 heterocycles. The van der Waals surface area contributed by atoms with Crippen molar-refractivity contribution in [3.8, 4) is 0 Å². The summed E-state index contributed by atoms with van der Waals surface area (Å²) in [6.07, 6.45) is -1.23. The molecule has 2 bridgehead atoms. The average molecular weight is 282 g/mol. The van der Waals surface area contributed by atoms with Gasteiger partial charge in [0.25, 0.3) is 0 Å². The van der Waals surface area contributed by atoms with Crippen LogP contribution in [0.2, 0.25) is 0 Å². The molecule has 2 N–H and O–H groups in total. The highest BCUT2D eigenvalue weighted by atomic mass is 17.2. The molecule has 1 fully saturated rings. The molecule has 0 unspecified atom stereocenters. The molecular weight excluding hydrogens is 260 g/mol. The van der Waals surface area contributed by atoms with Gasteiger partial charge in [0.2, 0.25) is 0 Å². The third-order valence-electron chi connectivity index (χ3n) is 5.22. The second-order valence-electron chi connectivity index (χ2n) is 6.89. The number of aliphatic hydroxyl groups excluding tert-OH is 2. The van der Waals surface area contributed by atoms with Gasteiger partial charge in [-0.15, -0.1) is 0 Å². The van der Waals surface area contributed by atoms with Crippen molar-refractivity contribution in [2.75, 3.05) is 0 Å². The van der Waals surface area contributed by atoms with Crippen LogP contribution in [0.5, 0.6) is 0 Å². The molecular formula is C15H22O5. The fourth-order valence-electron chi connectivity index (χ4n) is 4.10. The summed E-state index contributed by atoms with van der Waals surface area (Å²) in [4.78, 5) is 23.4. The zero-order chi connectivity index (χ0) is 14.9. The van der Waals surface area contributed by atoms with E-state index in [4.69, 9.17) is 9.78 Å². The van der Waals surface area contributed by atoms with Crippen LogP contribution in [-0.2, 0) is 14.6 Å². The summed E-state index contributed by atoms with van der Waals surface area (Å²) in [5.41, 5.74) is -0.959. The Labute approximate surface area is 118 Å². The van der Waals surface area contributed by atoms with Crippen LogP contribution in [0.25, 0.3) is 0 Å². The molecule has 5 heteroatoms. The van der Waals surface area contributed by atoms with E-state index >= 15 is 0 Å². The standard InChI is InChI=1S/C15H22O5/c1-7(2)15-10(17)6-14(4,19-20-15)12-9(16)5-8(3)11(12)13(15)18/h7-8,10,13,17-18H,5-6H2,1-4H3/t8-,10+,13-,14-,15-/m1/s1. The zero-order valence-electron chi connectivity index (χ0n) is 12.3. The van der Waals surface area contributed by atoms with Gasteiger partial charge in [-0.05, 0) is 24.3 Å². The summed E-state index contributed by atoms with van der Waals surface area (Å²) in [5.74, 6) is -0.196.